The van der Waals surface area contributed by atoms with Crippen molar-refractivity contribution in [1.29, 1.82) is 0 Å². The second-order valence-electron chi connectivity index (χ2n) is 7.61. The van der Waals surface area contributed by atoms with Crippen LogP contribution >= 0.6 is 13.5 Å². The van der Waals surface area contributed by atoms with Gasteiger partial charge in [-0.3, -0.25) is 9.20 Å². The third-order valence-electron chi connectivity index (χ3n) is 5.05. The fourth-order valence-corrected chi connectivity index (χ4v) is 3.33. The van der Waals surface area contributed by atoms with E-state index in [2.05, 4.69) is 15.5 Å². The average Bonchev–Trinajstić information content (AvgIpc) is 3.11. The number of fused-ring (bicyclic) bond motifs is 3. The molecule has 0 unspecified atom stereocenters. The molecule has 0 aliphatic heterocycles. The fraction of sp³-hybridized carbons (Fsp3) is 0.524. The van der Waals surface area contributed by atoms with E-state index in [1.165, 1.54) is 0 Å². The summed E-state index contributed by atoms with van der Waals surface area (Å²) in [7, 11) is 1.63. The first kappa shape index (κ1) is 23.9. The van der Waals surface area contributed by atoms with Crippen LogP contribution in [-0.4, -0.2) is 50.2 Å². The van der Waals surface area contributed by atoms with E-state index in [4.69, 9.17) is 9.72 Å². The van der Waals surface area contributed by atoms with Gasteiger partial charge in [0.05, 0.1) is 18.1 Å². The number of carbonyl (C=O) groups is 1. The maximum atomic E-state index is 11.9. The molecule has 0 spiro atoms. The van der Waals surface area contributed by atoms with Crippen molar-refractivity contribution in [2.24, 2.45) is 5.92 Å². The molecular formula is C21H31N5O3S. The van der Waals surface area contributed by atoms with Crippen molar-refractivity contribution in [2.45, 2.75) is 52.6 Å². The van der Waals surface area contributed by atoms with Gasteiger partial charge in [-0.25, -0.2) is 4.98 Å². The third kappa shape index (κ3) is 5.20. The lowest BCUT2D eigenvalue weighted by Gasteiger charge is -2.13. The van der Waals surface area contributed by atoms with Gasteiger partial charge in [-0.05, 0) is 37.8 Å². The summed E-state index contributed by atoms with van der Waals surface area (Å²) in [6, 6.07) is 5.75. The molecule has 2 heterocycles. The predicted octanol–water partition coefficient (Wildman–Crippen LogP) is 3.27. The van der Waals surface area contributed by atoms with E-state index in [1.54, 1.807) is 7.11 Å². The number of benzene rings is 1. The first-order chi connectivity index (χ1) is 13.9. The summed E-state index contributed by atoms with van der Waals surface area (Å²) in [5.41, 5.74) is 2.42. The van der Waals surface area contributed by atoms with Gasteiger partial charge in [-0.15, -0.1) is 10.2 Å². The van der Waals surface area contributed by atoms with Crippen molar-refractivity contribution in [3.8, 4) is 5.75 Å². The van der Waals surface area contributed by atoms with E-state index in [1.807, 2.05) is 43.4 Å². The second kappa shape index (κ2) is 10.6. The maximum Gasteiger partial charge on any atom is 0.204 e. The van der Waals surface area contributed by atoms with Crippen LogP contribution in [-0.2, 0) is 4.79 Å². The van der Waals surface area contributed by atoms with Gasteiger partial charge < -0.3 is 15.2 Å². The third-order valence-corrected chi connectivity index (χ3v) is 5.05. The number of anilines is 1. The smallest absolute Gasteiger partial charge is 0.204 e. The number of aryl methyl sites for hydroxylation is 1. The lowest BCUT2D eigenvalue weighted by atomic mass is 9.99. The van der Waals surface area contributed by atoms with E-state index in [0.717, 1.165) is 41.9 Å². The molecular weight excluding hydrogens is 402 g/mol. The number of rotatable bonds is 10. The van der Waals surface area contributed by atoms with Gasteiger partial charge in [0, 0.05) is 19.0 Å². The highest BCUT2D eigenvalue weighted by Crippen LogP contribution is 2.25. The van der Waals surface area contributed by atoms with Gasteiger partial charge in [0.15, 0.2) is 11.6 Å². The molecule has 0 bridgehead atoms. The van der Waals surface area contributed by atoms with E-state index < -0.39 is 6.10 Å². The topological polar surface area (TPSA) is 102 Å². The number of Topliss-reactive ketones (excluding diaryl/α,β-unsaturated/α-hetero) is 1. The molecule has 0 fully saturated rings. The van der Waals surface area contributed by atoms with Gasteiger partial charge in [0.25, 0.3) is 0 Å². The number of ketones is 1. The molecule has 2 N–H and O–H groups in total. The highest BCUT2D eigenvalue weighted by atomic mass is 32.1. The van der Waals surface area contributed by atoms with E-state index in [-0.39, 0.29) is 25.2 Å². The Hall–Kier alpha value is -2.39. The number of nitrogens with zero attached hydrogens (tertiary/aromatic N) is 4. The van der Waals surface area contributed by atoms with Crippen LogP contribution in [0.15, 0.2) is 18.2 Å². The standard InChI is InChI=1S/C21H29N5O3.H2S/c1-13(2)19(28)18(27)8-6-5-7-11-22-20-21-25-24-14(3)26(21)17-10-9-15(29-4)12-16(17)23-20;/h9-10,12-13,19,28H,5-8,11H2,1-4H3,(H,22,23);1H2/t19-;/m0./s1. The van der Waals surface area contributed by atoms with Crippen molar-refractivity contribution in [2.75, 3.05) is 19.0 Å². The molecule has 0 aliphatic carbocycles. The van der Waals surface area contributed by atoms with Crippen molar-refractivity contribution in [1.82, 2.24) is 19.6 Å². The molecule has 2 aromatic heterocycles. The maximum absolute atomic E-state index is 11.9. The number of aliphatic hydroxyl groups is 1. The van der Waals surface area contributed by atoms with Crippen LogP contribution in [0.5, 0.6) is 5.75 Å². The lowest BCUT2D eigenvalue weighted by Crippen LogP contribution is -2.25. The van der Waals surface area contributed by atoms with Crippen LogP contribution in [0.2, 0.25) is 0 Å². The van der Waals surface area contributed by atoms with Crippen molar-refractivity contribution < 1.29 is 14.6 Å². The largest absolute Gasteiger partial charge is 0.497 e. The number of carbonyl (C=O) groups excluding carboxylic acids is 1. The van der Waals surface area contributed by atoms with Crippen LogP contribution in [0.3, 0.4) is 0 Å². The predicted molar refractivity (Wildman–Crippen MR) is 123 cm³/mol. The minimum Gasteiger partial charge on any atom is -0.497 e. The second-order valence-corrected chi connectivity index (χ2v) is 7.61. The summed E-state index contributed by atoms with van der Waals surface area (Å²) in [5, 5.41) is 21.6. The number of hydrogen-bond donors (Lipinski definition) is 2. The van der Waals surface area contributed by atoms with E-state index in [0.29, 0.717) is 24.4 Å². The molecule has 1 atom stereocenters. The first-order valence-electron chi connectivity index (χ1n) is 10.1. The monoisotopic (exact) mass is 433 g/mol. The minimum absolute atomic E-state index is 0. The number of aliphatic hydroxyl groups excluding tert-OH is 1. The quantitative estimate of drug-likeness (QED) is 0.473. The van der Waals surface area contributed by atoms with Gasteiger partial charge in [0.2, 0.25) is 5.65 Å². The zero-order chi connectivity index (χ0) is 21.0. The summed E-state index contributed by atoms with van der Waals surface area (Å²) < 4.78 is 7.30. The Morgan fingerprint density at radius 1 is 1.23 bits per heavy atom. The molecule has 0 saturated heterocycles. The first-order valence-corrected chi connectivity index (χ1v) is 10.1. The minimum atomic E-state index is -0.851. The summed E-state index contributed by atoms with van der Waals surface area (Å²) in [6.45, 7) is 6.33. The van der Waals surface area contributed by atoms with Gasteiger partial charge >= 0.3 is 0 Å². The Kier molecular flexibility index (Phi) is 8.43. The molecule has 0 radical (unpaired) electrons. The molecule has 0 amide bonds. The average molecular weight is 434 g/mol. The van der Waals surface area contributed by atoms with Gasteiger partial charge in [-0.1, -0.05) is 20.3 Å². The van der Waals surface area contributed by atoms with Crippen LogP contribution < -0.4 is 10.1 Å². The molecule has 0 aliphatic rings. The molecule has 1 aromatic carbocycles. The number of nitrogens with one attached hydrogen (secondary N) is 1. The summed E-state index contributed by atoms with van der Waals surface area (Å²) in [5.74, 6) is 2.12. The van der Waals surface area contributed by atoms with Gasteiger partial charge in [-0.2, -0.15) is 13.5 Å². The molecule has 3 aromatic rings. The Bertz CT molecular complexity index is 1010. The number of ether oxygens (including phenoxy) is 1. The molecule has 9 heteroatoms. The Labute approximate surface area is 183 Å². The number of hydrogen-bond acceptors (Lipinski definition) is 7. The normalized spacial score (nSPS) is 12.2. The number of unbranched alkanes of at least 4 members (excludes halogenated alkanes) is 2. The van der Waals surface area contributed by atoms with Crippen molar-refractivity contribution in [3.05, 3.63) is 24.0 Å². The zero-order valence-corrected chi connectivity index (χ0v) is 19.0. The zero-order valence-electron chi connectivity index (χ0n) is 18.0. The lowest BCUT2D eigenvalue weighted by molar-refractivity contribution is -0.129. The molecule has 3 rings (SSSR count). The Balaban J connectivity index is 0.00000320. The van der Waals surface area contributed by atoms with Crippen molar-refractivity contribution >= 4 is 41.8 Å². The Morgan fingerprint density at radius 2 is 2.00 bits per heavy atom. The summed E-state index contributed by atoms with van der Waals surface area (Å²) in [6.07, 6.45) is 2.12. The summed E-state index contributed by atoms with van der Waals surface area (Å²) >= 11 is 0. The van der Waals surface area contributed by atoms with E-state index in [9.17, 15) is 9.90 Å². The van der Waals surface area contributed by atoms with Crippen LogP contribution in [0.4, 0.5) is 5.82 Å². The number of methoxy groups -OCH3 is 1. The molecule has 30 heavy (non-hydrogen) atoms. The summed E-state index contributed by atoms with van der Waals surface area (Å²) in [4.78, 5) is 16.6. The molecule has 8 nitrogen and oxygen atoms in total. The SMILES string of the molecule is COc1ccc2c(c1)nc(NCCCCCC(=O)[C@@H](O)C(C)C)c1nnc(C)n12.S. The molecule has 0 saturated carbocycles. The van der Waals surface area contributed by atoms with Crippen LogP contribution in [0, 0.1) is 12.8 Å². The van der Waals surface area contributed by atoms with Crippen LogP contribution in [0.25, 0.3) is 16.7 Å². The Morgan fingerprint density at radius 3 is 2.70 bits per heavy atom. The van der Waals surface area contributed by atoms with Crippen molar-refractivity contribution in [3.63, 3.8) is 0 Å². The number of aromatic nitrogens is 4. The van der Waals surface area contributed by atoms with Gasteiger partial charge in [0.1, 0.15) is 17.7 Å². The highest BCUT2D eigenvalue weighted by Gasteiger charge is 2.18. The molecule has 164 valence electrons. The fourth-order valence-electron chi connectivity index (χ4n) is 3.33. The highest BCUT2D eigenvalue weighted by molar-refractivity contribution is 7.59. The van der Waals surface area contributed by atoms with E-state index >= 15 is 0 Å². The van der Waals surface area contributed by atoms with Crippen LogP contribution in [0.1, 0.15) is 45.4 Å².